The molecule has 2 atom stereocenters. The normalized spacial score (nSPS) is 21.1. The average molecular weight is 573 g/mol. The van der Waals surface area contributed by atoms with Gasteiger partial charge in [0.1, 0.15) is 11.9 Å². The molecule has 0 saturated carbocycles. The van der Waals surface area contributed by atoms with E-state index in [1.165, 1.54) is 17.9 Å². The third-order valence-electron chi connectivity index (χ3n) is 6.02. The van der Waals surface area contributed by atoms with Crippen molar-refractivity contribution >= 4 is 29.9 Å². The summed E-state index contributed by atoms with van der Waals surface area (Å²) in [5.41, 5.74) is 0.869. The Morgan fingerprint density at radius 1 is 1.09 bits per heavy atom. The lowest BCUT2D eigenvalue weighted by Crippen LogP contribution is -2.57. The molecule has 11 heteroatoms. The summed E-state index contributed by atoms with van der Waals surface area (Å²) >= 11 is 0. The van der Waals surface area contributed by atoms with Crippen LogP contribution in [0.1, 0.15) is 18.5 Å². The first-order valence-corrected chi connectivity index (χ1v) is 10.6. The van der Waals surface area contributed by atoms with Gasteiger partial charge >= 0.3 is 6.18 Å². The van der Waals surface area contributed by atoms with E-state index in [4.69, 9.17) is 4.74 Å². The van der Waals surface area contributed by atoms with Crippen LogP contribution in [0.2, 0.25) is 0 Å². The van der Waals surface area contributed by atoms with Crippen LogP contribution in [0.25, 0.3) is 0 Å². The van der Waals surface area contributed by atoms with E-state index in [-0.39, 0.29) is 35.8 Å². The van der Waals surface area contributed by atoms with E-state index < -0.39 is 12.2 Å². The van der Waals surface area contributed by atoms with Gasteiger partial charge in [-0.25, -0.2) is 4.39 Å². The van der Waals surface area contributed by atoms with Crippen molar-refractivity contribution in [2.45, 2.75) is 25.2 Å². The Balaban J connectivity index is 0.00000363. The van der Waals surface area contributed by atoms with Gasteiger partial charge in [0.25, 0.3) is 0 Å². The van der Waals surface area contributed by atoms with Crippen molar-refractivity contribution in [1.82, 2.24) is 20.0 Å². The smallest absolute Gasteiger partial charge is 0.379 e. The molecule has 0 amide bonds. The lowest BCUT2D eigenvalue weighted by Gasteiger charge is -2.40. The Hall–Kier alpha value is -1.18. The Morgan fingerprint density at radius 2 is 1.75 bits per heavy atom. The second-order valence-electron chi connectivity index (χ2n) is 7.89. The number of hydrogen-bond acceptors (Lipinski definition) is 4. The number of piperazine rings is 1. The van der Waals surface area contributed by atoms with Crippen LogP contribution in [0.15, 0.2) is 29.3 Å². The van der Waals surface area contributed by atoms with Crippen molar-refractivity contribution in [1.29, 1.82) is 0 Å². The Labute approximate surface area is 204 Å². The van der Waals surface area contributed by atoms with Gasteiger partial charge in [-0.2, -0.15) is 13.2 Å². The van der Waals surface area contributed by atoms with E-state index in [0.29, 0.717) is 51.9 Å². The van der Waals surface area contributed by atoms with Gasteiger partial charge in [-0.1, -0.05) is 12.1 Å². The lowest BCUT2D eigenvalue weighted by atomic mass is 10.0. The molecule has 2 unspecified atom stereocenters. The van der Waals surface area contributed by atoms with Gasteiger partial charge in [0.2, 0.25) is 0 Å². The first-order chi connectivity index (χ1) is 14.8. The third-order valence-corrected chi connectivity index (χ3v) is 6.02. The third kappa shape index (κ3) is 7.16. The molecule has 32 heavy (non-hydrogen) atoms. The summed E-state index contributed by atoms with van der Waals surface area (Å²) in [4.78, 5) is 10.0. The van der Waals surface area contributed by atoms with Gasteiger partial charge in [-0.15, -0.1) is 24.0 Å². The maximum absolute atomic E-state index is 13.9. The molecular weight excluding hydrogens is 541 g/mol. The summed E-state index contributed by atoms with van der Waals surface area (Å²) in [6, 6.07) is 5.06. The Bertz CT molecular complexity index is 737. The van der Waals surface area contributed by atoms with Crippen LogP contribution in [0.4, 0.5) is 17.6 Å². The molecule has 1 aromatic rings. The second kappa shape index (κ2) is 12.3. The van der Waals surface area contributed by atoms with Gasteiger partial charge in [0.15, 0.2) is 5.96 Å². The second-order valence-corrected chi connectivity index (χ2v) is 7.89. The zero-order valence-electron chi connectivity index (χ0n) is 18.4. The minimum Gasteiger partial charge on any atom is -0.379 e. The molecule has 0 spiro atoms. The minimum absolute atomic E-state index is 0. The highest BCUT2D eigenvalue weighted by Crippen LogP contribution is 2.25. The molecule has 2 aliphatic rings. The standard InChI is InChI=1S/C21H31F4N5O.HI/c1-16(21(23,24)25)28-6-8-30(9-7-28)20(26-2)27-15-19(29-10-12-31-13-11-29)17-4-3-5-18(22)14-17;/h3-5,14,16,19H,6-13,15H2,1-2H3,(H,26,27);1H. The molecule has 6 nitrogen and oxygen atoms in total. The van der Waals surface area contributed by atoms with Crippen molar-refractivity contribution < 1.29 is 22.3 Å². The average Bonchev–Trinajstić information content (AvgIpc) is 2.76. The fourth-order valence-electron chi connectivity index (χ4n) is 4.11. The highest BCUT2D eigenvalue weighted by atomic mass is 127. The van der Waals surface area contributed by atoms with Crippen molar-refractivity contribution in [3.63, 3.8) is 0 Å². The molecule has 2 fully saturated rings. The SMILES string of the molecule is CN=C(NCC(c1cccc(F)c1)N1CCOCC1)N1CCN(C(C)C(F)(F)F)CC1.I. The van der Waals surface area contributed by atoms with Crippen LogP contribution >= 0.6 is 24.0 Å². The van der Waals surface area contributed by atoms with E-state index >= 15 is 0 Å². The lowest BCUT2D eigenvalue weighted by molar-refractivity contribution is -0.181. The molecule has 3 rings (SSSR count). The summed E-state index contributed by atoms with van der Waals surface area (Å²) < 4.78 is 58.3. The molecule has 0 bridgehead atoms. The first kappa shape index (κ1) is 27.1. The number of nitrogens with zero attached hydrogens (tertiary/aromatic N) is 4. The number of alkyl halides is 3. The topological polar surface area (TPSA) is 43.3 Å². The molecular formula is C21H32F4IN5O. The maximum atomic E-state index is 13.9. The molecule has 1 N–H and O–H groups in total. The van der Waals surface area contributed by atoms with Crippen LogP contribution in [0, 0.1) is 5.82 Å². The van der Waals surface area contributed by atoms with Gasteiger partial charge in [0.05, 0.1) is 19.3 Å². The molecule has 1 aromatic carbocycles. The molecule has 182 valence electrons. The predicted octanol–water partition coefficient (Wildman–Crippen LogP) is 2.96. The summed E-state index contributed by atoms with van der Waals surface area (Å²) in [6.45, 7) is 6.01. The van der Waals surface area contributed by atoms with Gasteiger partial charge in [-0.3, -0.25) is 14.8 Å². The number of morpholine rings is 1. The van der Waals surface area contributed by atoms with Gasteiger partial charge < -0.3 is 15.0 Å². The van der Waals surface area contributed by atoms with Gasteiger partial charge in [-0.05, 0) is 24.6 Å². The predicted molar refractivity (Wildman–Crippen MR) is 127 cm³/mol. The van der Waals surface area contributed by atoms with Crippen LogP contribution in [0.5, 0.6) is 0 Å². The molecule has 0 aliphatic carbocycles. The summed E-state index contributed by atoms with van der Waals surface area (Å²) in [6.07, 6.45) is -4.22. The largest absolute Gasteiger partial charge is 0.403 e. The van der Waals surface area contributed by atoms with Crippen molar-refractivity contribution in [2.75, 3.05) is 66.1 Å². The monoisotopic (exact) mass is 573 g/mol. The quantitative estimate of drug-likeness (QED) is 0.254. The van der Waals surface area contributed by atoms with Gasteiger partial charge in [0, 0.05) is 52.9 Å². The zero-order chi connectivity index (χ0) is 22.4. The maximum Gasteiger partial charge on any atom is 0.403 e. The van der Waals surface area contributed by atoms with E-state index in [2.05, 4.69) is 15.2 Å². The molecule has 2 heterocycles. The fourth-order valence-corrected chi connectivity index (χ4v) is 4.11. The van der Waals surface area contributed by atoms with Crippen LogP contribution in [-0.2, 0) is 4.74 Å². The van der Waals surface area contributed by atoms with Crippen LogP contribution in [0.3, 0.4) is 0 Å². The number of benzene rings is 1. The summed E-state index contributed by atoms with van der Waals surface area (Å²) in [7, 11) is 1.67. The number of halogens is 5. The highest BCUT2D eigenvalue weighted by Gasteiger charge is 2.41. The minimum atomic E-state index is -4.22. The summed E-state index contributed by atoms with van der Waals surface area (Å²) in [5, 5.41) is 3.36. The Morgan fingerprint density at radius 3 is 2.31 bits per heavy atom. The van der Waals surface area contributed by atoms with Crippen LogP contribution < -0.4 is 5.32 Å². The molecule has 2 aliphatic heterocycles. The van der Waals surface area contributed by atoms with E-state index in [1.54, 1.807) is 19.2 Å². The van der Waals surface area contributed by atoms with E-state index in [1.807, 2.05) is 11.0 Å². The Kier molecular flexibility index (Phi) is 10.4. The number of nitrogens with one attached hydrogen (secondary N) is 1. The van der Waals surface area contributed by atoms with Crippen LogP contribution in [-0.4, -0.2) is 99.0 Å². The van der Waals surface area contributed by atoms with Crippen molar-refractivity contribution in [2.24, 2.45) is 4.99 Å². The highest BCUT2D eigenvalue weighted by molar-refractivity contribution is 14.0. The van der Waals surface area contributed by atoms with Crippen molar-refractivity contribution in [3.8, 4) is 0 Å². The number of hydrogen-bond donors (Lipinski definition) is 1. The molecule has 2 saturated heterocycles. The first-order valence-electron chi connectivity index (χ1n) is 10.6. The van der Waals surface area contributed by atoms with E-state index in [0.717, 1.165) is 18.7 Å². The number of aliphatic imine (C=N–C) groups is 1. The number of guanidine groups is 1. The zero-order valence-corrected chi connectivity index (χ0v) is 20.8. The molecule has 0 radical (unpaired) electrons. The fraction of sp³-hybridized carbons (Fsp3) is 0.667. The summed E-state index contributed by atoms with van der Waals surface area (Å²) in [5.74, 6) is 0.365. The van der Waals surface area contributed by atoms with Crippen molar-refractivity contribution in [3.05, 3.63) is 35.6 Å². The number of ether oxygens (including phenoxy) is 1. The van der Waals surface area contributed by atoms with E-state index in [9.17, 15) is 17.6 Å². The number of rotatable bonds is 5. The molecule has 0 aromatic heterocycles.